The highest BCUT2D eigenvalue weighted by molar-refractivity contribution is 5.94. The highest BCUT2D eigenvalue weighted by Crippen LogP contribution is 2.26. The van der Waals surface area contributed by atoms with Gasteiger partial charge in [-0.2, -0.15) is 5.10 Å². The van der Waals surface area contributed by atoms with E-state index in [9.17, 15) is 4.79 Å². The lowest BCUT2D eigenvalue weighted by Crippen LogP contribution is -2.39. The van der Waals surface area contributed by atoms with Crippen molar-refractivity contribution in [1.29, 1.82) is 0 Å². The van der Waals surface area contributed by atoms with E-state index in [0.717, 1.165) is 31.0 Å². The topological polar surface area (TPSA) is 108 Å². The first-order valence-electron chi connectivity index (χ1n) is 8.98. The van der Waals surface area contributed by atoms with E-state index in [2.05, 4.69) is 20.3 Å². The maximum absolute atomic E-state index is 12.8. The zero-order valence-corrected chi connectivity index (χ0v) is 15.2. The maximum Gasteiger partial charge on any atom is 0.255 e. The number of aromatic nitrogens is 6. The smallest absolute Gasteiger partial charge is 0.255 e. The van der Waals surface area contributed by atoms with Gasteiger partial charge in [0.15, 0.2) is 5.82 Å². The van der Waals surface area contributed by atoms with Crippen LogP contribution in [0.25, 0.3) is 0 Å². The number of hydrogen-bond donors (Lipinski definition) is 1. The molecule has 1 saturated heterocycles. The molecule has 4 rings (SSSR count). The summed E-state index contributed by atoms with van der Waals surface area (Å²) in [5.74, 6) is 2.30. The molecule has 1 aliphatic heterocycles. The van der Waals surface area contributed by atoms with Crippen LogP contribution in [0.4, 0.5) is 5.82 Å². The Labute approximate surface area is 156 Å². The molecule has 0 unspecified atom stereocenters. The summed E-state index contributed by atoms with van der Waals surface area (Å²) < 4.78 is 3.84. The van der Waals surface area contributed by atoms with Crippen molar-refractivity contribution in [2.45, 2.75) is 25.3 Å². The molecule has 1 fully saturated rings. The molecule has 3 aromatic rings. The highest BCUT2D eigenvalue weighted by Gasteiger charge is 2.29. The lowest BCUT2D eigenvalue weighted by atomic mass is 9.96. The number of anilines is 1. The van der Waals surface area contributed by atoms with Gasteiger partial charge in [0.1, 0.15) is 18.2 Å². The van der Waals surface area contributed by atoms with E-state index in [4.69, 9.17) is 5.73 Å². The zero-order valence-electron chi connectivity index (χ0n) is 15.2. The second kappa shape index (κ2) is 7.18. The Morgan fingerprint density at radius 3 is 2.96 bits per heavy atom. The molecule has 140 valence electrons. The van der Waals surface area contributed by atoms with E-state index < -0.39 is 0 Å². The summed E-state index contributed by atoms with van der Waals surface area (Å²) in [6, 6.07) is 5.26. The Kier molecular flexibility index (Phi) is 4.57. The van der Waals surface area contributed by atoms with Gasteiger partial charge in [-0.1, -0.05) is 0 Å². The van der Waals surface area contributed by atoms with Crippen LogP contribution in [0.3, 0.4) is 0 Å². The number of amides is 1. The van der Waals surface area contributed by atoms with Gasteiger partial charge in [0.2, 0.25) is 0 Å². The van der Waals surface area contributed by atoms with Gasteiger partial charge < -0.3 is 15.2 Å². The first-order chi connectivity index (χ1) is 13.1. The highest BCUT2D eigenvalue weighted by atomic mass is 16.2. The fraction of sp³-hybridized carbons (Fsp3) is 0.389. The predicted octanol–water partition coefficient (Wildman–Crippen LogP) is 1.06. The molecule has 1 aliphatic rings. The minimum absolute atomic E-state index is 0.0221. The van der Waals surface area contributed by atoms with Crippen LogP contribution >= 0.6 is 0 Å². The van der Waals surface area contributed by atoms with Crippen LogP contribution in [0.5, 0.6) is 0 Å². The minimum Gasteiger partial charge on any atom is -0.384 e. The molecule has 3 aromatic heterocycles. The van der Waals surface area contributed by atoms with E-state index in [1.807, 2.05) is 33.5 Å². The molecule has 1 amide bonds. The molecule has 4 heterocycles. The summed E-state index contributed by atoms with van der Waals surface area (Å²) in [6.45, 7) is 1.93. The predicted molar refractivity (Wildman–Crippen MR) is 98.9 cm³/mol. The second-order valence-electron chi connectivity index (χ2n) is 6.80. The summed E-state index contributed by atoms with van der Waals surface area (Å²) in [5, 5.41) is 12.9. The van der Waals surface area contributed by atoms with Gasteiger partial charge in [-0.05, 0) is 31.0 Å². The van der Waals surface area contributed by atoms with Crippen molar-refractivity contribution in [2.75, 3.05) is 18.8 Å². The van der Waals surface area contributed by atoms with Crippen LogP contribution in [-0.4, -0.2) is 53.4 Å². The van der Waals surface area contributed by atoms with E-state index in [1.54, 1.807) is 18.3 Å². The monoisotopic (exact) mass is 366 g/mol. The van der Waals surface area contributed by atoms with Gasteiger partial charge >= 0.3 is 0 Å². The Morgan fingerprint density at radius 2 is 2.22 bits per heavy atom. The van der Waals surface area contributed by atoms with Gasteiger partial charge in [-0.25, -0.2) is 4.98 Å². The number of piperidine rings is 1. The number of nitrogens with two attached hydrogens (primary N) is 1. The number of likely N-dealkylation sites (tertiary alicyclic amines) is 1. The third-order valence-electron chi connectivity index (χ3n) is 4.97. The summed E-state index contributed by atoms with van der Waals surface area (Å²) in [6.07, 6.45) is 7.09. The molecule has 1 atom stereocenters. The molecule has 9 nitrogen and oxygen atoms in total. The average Bonchev–Trinajstić information content (AvgIpc) is 3.33. The number of rotatable bonds is 4. The number of carbonyl (C=O) groups is 1. The third kappa shape index (κ3) is 3.53. The van der Waals surface area contributed by atoms with Crippen LogP contribution < -0.4 is 5.73 Å². The van der Waals surface area contributed by atoms with Gasteiger partial charge in [0.25, 0.3) is 5.91 Å². The SMILES string of the molecule is Cn1c(Cn2cccn2)nnc1[C@@H]1CCCN(C(=O)c2ccc(N)nc2)C1. The van der Waals surface area contributed by atoms with Crippen molar-refractivity contribution >= 4 is 11.7 Å². The Balaban J connectivity index is 1.49. The van der Waals surface area contributed by atoms with Crippen molar-refractivity contribution in [2.24, 2.45) is 7.05 Å². The van der Waals surface area contributed by atoms with E-state index in [-0.39, 0.29) is 11.8 Å². The molecule has 0 radical (unpaired) electrons. The molecule has 9 heteroatoms. The Bertz CT molecular complexity index is 916. The van der Waals surface area contributed by atoms with Crippen molar-refractivity contribution < 1.29 is 4.79 Å². The maximum atomic E-state index is 12.8. The van der Waals surface area contributed by atoms with Crippen LogP contribution in [0.1, 0.15) is 40.8 Å². The van der Waals surface area contributed by atoms with Crippen molar-refractivity contribution in [3.8, 4) is 0 Å². The van der Waals surface area contributed by atoms with Gasteiger partial charge in [-0.15, -0.1) is 10.2 Å². The minimum atomic E-state index is -0.0221. The van der Waals surface area contributed by atoms with E-state index in [0.29, 0.717) is 24.5 Å². The average molecular weight is 366 g/mol. The first kappa shape index (κ1) is 17.2. The van der Waals surface area contributed by atoms with Crippen LogP contribution in [0.15, 0.2) is 36.8 Å². The van der Waals surface area contributed by atoms with Gasteiger partial charge in [0, 0.05) is 44.6 Å². The molecule has 0 saturated carbocycles. The third-order valence-corrected chi connectivity index (χ3v) is 4.97. The lowest BCUT2D eigenvalue weighted by Gasteiger charge is -2.32. The van der Waals surface area contributed by atoms with E-state index in [1.165, 1.54) is 6.20 Å². The number of pyridine rings is 1. The molecule has 0 aliphatic carbocycles. The molecule has 2 N–H and O–H groups in total. The van der Waals surface area contributed by atoms with Crippen LogP contribution in [0, 0.1) is 0 Å². The fourth-order valence-electron chi connectivity index (χ4n) is 3.49. The molecule has 0 aromatic carbocycles. The number of nitrogen functional groups attached to an aromatic ring is 1. The van der Waals surface area contributed by atoms with Crippen LogP contribution in [-0.2, 0) is 13.6 Å². The first-order valence-corrected chi connectivity index (χ1v) is 8.98. The fourth-order valence-corrected chi connectivity index (χ4v) is 3.49. The molecule has 0 bridgehead atoms. The van der Waals surface area contributed by atoms with E-state index >= 15 is 0 Å². The normalized spacial score (nSPS) is 17.2. The zero-order chi connectivity index (χ0) is 18.8. The number of nitrogens with zero attached hydrogens (tertiary/aromatic N) is 7. The van der Waals surface area contributed by atoms with Crippen molar-refractivity contribution in [1.82, 2.24) is 34.4 Å². The molecular formula is C18H22N8O. The quantitative estimate of drug-likeness (QED) is 0.740. The standard InChI is InChI=1S/C18H22N8O/c1-24-16(12-26-9-3-7-21-26)22-23-17(24)14-4-2-8-25(11-14)18(27)13-5-6-15(19)20-10-13/h3,5-7,9-10,14H,2,4,8,11-12H2,1H3,(H2,19,20)/t14-/m1/s1. The van der Waals surface area contributed by atoms with Crippen LogP contribution in [0.2, 0.25) is 0 Å². The van der Waals surface area contributed by atoms with Gasteiger partial charge in [0.05, 0.1) is 5.56 Å². The Hall–Kier alpha value is -3.23. The lowest BCUT2D eigenvalue weighted by molar-refractivity contribution is 0.0703. The number of carbonyl (C=O) groups excluding carboxylic acids is 1. The largest absolute Gasteiger partial charge is 0.384 e. The number of hydrogen-bond acceptors (Lipinski definition) is 6. The summed E-state index contributed by atoms with van der Waals surface area (Å²) >= 11 is 0. The second-order valence-corrected chi connectivity index (χ2v) is 6.80. The van der Waals surface area contributed by atoms with Crippen molar-refractivity contribution in [3.63, 3.8) is 0 Å². The Morgan fingerprint density at radius 1 is 1.33 bits per heavy atom. The molecule has 27 heavy (non-hydrogen) atoms. The molecule has 0 spiro atoms. The van der Waals surface area contributed by atoms with Gasteiger partial charge in [-0.3, -0.25) is 9.48 Å². The summed E-state index contributed by atoms with van der Waals surface area (Å²) in [5.41, 5.74) is 6.17. The van der Waals surface area contributed by atoms with Crippen molar-refractivity contribution in [3.05, 3.63) is 54.0 Å². The summed E-state index contributed by atoms with van der Waals surface area (Å²) in [4.78, 5) is 18.7. The summed E-state index contributed by atoms with van der Waals surface area (Å²) in [7, 11) is 1.97. The molecular weight excluding hydrogens is 344 g/mol.